The first-order valence-electron chi connectivity index (χ1n) is 6.82. The summed E-state index contributed by atoms with van der Waals surface area (Å²) in [7, 11) is 0. The number of hydrogen-bond donors (Lipinski definition) is 1. The fourth-order valence-corrected chi connectivity index (χ4v) is 2.55. The van der Waals surface area contributed by atoms with E-state index in [0.717, 1.165) is 30.9 Å². The van der Waals surface area contributed by atoms with Gasteiger partial charge in [0, 0.05) is 24.1 Å². The van der Waals surface area contributed by atoms with Gasteiger partial charge in [-0.05, 0) is 24.0 Å². The average Bonchev–Trinajstić information content (AvgIpc) is 2.43. The Hall–Kier alpha value is -0.730. The summed E-state index contributed by atoms with van der Waals surface area (Å²) < 4.78 is 0. The van der Waals surface area contributed by atoms with Crippen molar-refractivity contribution in [3.63, 3.8) is 0 Å². The first kappa shape index (κ1) is 15.3. The molecule has 0 bridgehead atoms. The average molecular weight is 263 g/mol. The van der Waals surface area contributed by atoms with E-state index < -0.39 is 0 Å². The molecule has 0 saturated carbocycles. The van der Waals surface area contributed by atoms with Gasteiger partial charge < -0.3 is 5.32 Å². The number of nitrogens with one attached hydrogen (secondary N) is 1. The van der Waals surface area contributed by atoms with E-state index in [1.807, 2.05) is 17.8 Å². The molecular formula is C16H25NS. The third-order valence-electron chi connectivity index (χ3n) is 3.07. The molecule has 100 valence electrons. The molecule has 0 aliphatic heterocycles. The molecule has 1 N–H and O–H groups in total. The summed E-state index contributed by atoms with van der Waals surface area (Å²) in [5.74, 6) is 2.19. The molecule has 0 saturated heterocycles. The van der Waals surface area contributed by atoms with Gasteiger partial charge in [0.05, 0.1) is 0 Å². The minimum absolute atomic E-state index is 0.486. The van der Waals surface area contributed by atoms with Crippen LogP contribution in [0.1, 0.15) is 37.4 Å². The molecule has 2 heteroatoms. The fraction of sp³-hybridized carbons (Fsp3) is 0.500. The summed E-state index contributed by atoms with van der Waals surface area (Å²) >= 11 is 1.93. The van der Waals surface area contributed by atoms with Crippen molar-refractivity contribution >= 4 is 11.8 Å². The Balaban J connectivity index is 2.41. The number of rotatable bonds is 9. The van der Waals surface area contributed by atoms with Crippen LogP contribution in [0.2, 0.25) is 0 Å². The van der Waals surface area contributed by atoms with Crippen LogP contribution in [0.5, 0.6) is 0 Å². The van der Waals surface area contributed by atoms with Crippen molar-refractivity contribution in [2.24, 2.45) is 0 Å². The smallest absolute Gasteiger partial charge is 0.0317 e. The van der Waals surface area contributed by atoms with Gasteiger partial charge in [0.15, 0.2) is 0 Å². The van der Waals surface area contributed by atoms with Crippen LogP contribution in [0.15, 0.2) is 36.9 Å². The van der Waals surface area contributed by atoms with Crippen LogP contribution in [-0.2, 0) is 6.42 Å². The third-order valence-corrected chi connectivity index (χ3v) is 4.04. The van der Waals surface area contributed by atoms with Gasteiger partial charge in [-0.2, -0.15) is 11.8 Å². The molecule has 0 fully saturated rings. The summed E-state index contributed by atoms with van der Waals surface area (Å²) in [4.78, 5) is 0. The van der Waals surface area contributed by atoms with Gasteiger partial charge in [0.25, 0.3) is 0 Å². The Kier molecular flexibility index (Phi) is 7.86. The van der Waals surface area contributed by atoms with Crippen molar-refractivity contribution in [3.8, 4) is 0 Å². The molecule has 0 amide bonds. The Morgan fingerprint density at radius 3 is 2.56 bits per heavy atom. The molecule has 1 aromatic rings. The van der Waals surface area contributed by atoms with Crippen molar-refractivity contribution in [2.75, 3.05) is 18.1 Å². The van der Waals surface area contributed by atoms with Crippen LogP contribution >= 0.6 is 11.8 Å². The van der Waals surface area contributed by atoms with Crippen LogP contribution in [0.4, 0.5) is 0 Å². The van der Waals surface area contributed by atoms with E-state index in [4.69, 9.17) is 0 Å². The monoisotopic (exact) mass is 263 g/mol. The molecule has 1 nitrogen and oxygen atoms in total. The molecule has 18 heavy (non-hydrogen) atoms. The van der Waals surface area contributed by atoms with Crippen LogP contribution in [-0.4, -0.2) is 18.1 Å². The zero-order valence-electron chi connectivity index (χ0n) is 11.6. The van der Waals surface area contributed by atoms with Crippen molar-refractivity contribution in [3.05, 3.63) is 48.0 Å². The van der Waals surface area contributed by atoms with E-state index in [2.05, 4.69) is 50.0 Å². The van der Waals surface area contributed by atoms with E-state index in [1.165, 1.54) is 11.1 Å². The standard InChI is InChI=1S/C16H25NS/c1-4-12-18-13-11-17-16(6-3)15-9-7-14(5-2)8-10-15/h4,7-10,16-17H,1,5-6,11-13H2,2-3H3. The number of hydrogen-bond acceptors (Lipinski definition) is 2. The normalized spacial score (nSPS) is 12.3. The molecule has 1 rings (SSSR count). The lowest BCUT2D eigenvalue weighted by Gasteiger charge is -2.17. The lowest BCUT2D eigenvalue weighted by Crippen LogP contribution is -2.23. The van der Waals surface area contributed by atoms with Gasteiger partial charge in [-0.25, -0.2) is 0 Å². The van der Waals surface area contributed by atoms with Crippen LogP contribution in [0.25, 0.3) is 0 Å². The predicted molar refractivity (Wildman–Crippen MR) is 84.4 cm³/mol. The Morgan fingerprint density at radius 2 is 2.00 bits per heavy atom. The second-order valence-electron chi connectivity index (χ2n) is 4.37. The zero-order chi connectivity index (χ0) is 13.2. The molecule has 1 atom stereocenters. The maximum atomic E-state index is 3.73. The summed E-state index contributed by atoms with van der Waals surface area (Å²) in [5.41, 5.74) is 2.82. The van der Waals surface area contributed by atoms with Gasteiger partial charge in [0.2, 0.25) is 0 Å². The Morgan fingerprint density at radius 1 is 1.28 bits per heavy atom. The van der Waals surface area contributed by atoms with Gasteiger partial charge >= 0.3 is 0 Å². The Bertz CT molecular complexity index is 331. The minimum Gasteiger partial charge on any atom is -0.309 e. The van der Waals surface area contributed by atoms with Crippen molar-refractivity contribution in [2.45, 2.75) is 32.7 Å². The maximum absolute atomic E-state index is 3.73. The van der Waals surface area contributed by atoms with Gasteiger partial charge in [-0.15, -0.1) is 6.58 Å². The highest BCUT2D eigenvalue weighted by molar-refractivity contribution is 7.99. The molecule has 0 aliphatic rings. The van der Waals surface area contributed by atoms with E-state index in [1.54, 1.807) is 0 Å². The molecule has 1 unspecified atom stereocenters. The minimum atomic E-state index is 0.486. The second-order valence-corrected chi connectivity index (χ2v) is 5.52. The summed E-state index contributed by atoms with van der Waals surface area (Å²) in [6, 6.07) is 9.49. The van der Waals surface area contributed by atoms with Crippen LogP contribution in [0.3, 0.4) is 0 Å². The van der Waals surface area contributed by atoms with E-state index in [-0.39, 0.29) is 0 Å². The fourth-order valence-electron chi connectivity index (χ4n) is 1.96. The molecular weight excluding hydrogens is 238 g/mol. The molecule has 0 spiro atoms. The molecule has 0 aromatic heterocycles. The lowest BCUT2D eigenvalue weighted by molar-refractivity contribution is 0.539. The van der Waals surface area contributed by atoms with E-state index in [0.29, 0.717) is 6.04 Å². The first-order valence-corrected chi connectivity index (χ1v) is 7.98. The highest BCUT2D eigenvalue weighted by Gasteiger charge is 2.07. The van der Waals surface area contributed by atoms with Crippen LogP contribution in [0, 0.1) is 0 Å². The number of benzene rings is 1. The van der Waals surface area contributed by atoms with Crippen molar-refractivity contribution in [1.29, 1.82) is 0 Å². The largest absolute Gasteiger partial charge is 0.309 e. The zero-order valence-corrected chi connectivity index (χ0v) is 12.4. The summed E-state index contributed by atoms with van der Waals surface area (Å²) in [6.45, 7) is 9.23. The molecule has 0 aliphatic carbocycles. The predicted octanol–water partition coefficient (Wildman–Crippen LogP) is 4.21. The van der Waals surface area contributed by atoms with Gasteiger partial charge in [0.1, 0.15) is 0 Å². The summed E-state index contributed by atoms with van der Waals surface area (Å²) in [6.07, 6.45) is 4.21. The number of thioether (sulfide) groups is 1. The van der Waals surface area contributed by atoms with Crippen LogP contribution < -0.4 is 5.32 Å². The second kappa shape index (κ2) is 9.23. The molecule has 0 radical (unpaired) electrons. The SMILES string of the molecule is C=CCSCCNC(CC)c1ccc(CC)cc1. The number of aryl methyl sites for hydroxylation is 1. The quantitative estimate of drug-likeness (QED) is 0.529. The maximum Gasteiger partial charge on any atom is 0.0317 e. The third kappa shape index (κ3) is 5.28. The van der Waals surface area contributed by atoms with Gasteiger partial charge in [-0.3, -0.25) is 0 Å². The highest BCUT2D eigenvalue weighted by atomic mass is 32.2. The topological polar surface area (TPSA) is 12.0 Å². The van der Waals surface area contributed by atoms with E-state index in [9.17, 15) is 0 Å². The van der Waals surface area contributed by atoms with Gasteiger partial charge in [-0.1, -0.05) is 44.2 Å². The first-order chi connectivity index (χ1) is 8.81. The Labute approximate surface area is 116 Å². The van der Waals surface area contributed by atoms with E-state index >= 15 is 0 Å². The lowest BCUT2D eigenvalue weighted by atomic mass is 10.0. The summed E-state index contributed by atoms with van der Waals surface area (Å²) in [5, 5.41) is 3.63. The van der Waals surface area contributed by atoms with Crippen molar-refractivity contribution < 1.29 is 0 Å². The molecule has 1 aromatic carbocycles. The van der Waals surface area contributed by atoms with Crippen molar-refractivity contribution in [1.82, 2.24) is 5.32 Å². The molecule has 0 heterocycles. The highest BCUT2D eigenvalue weighted by Crippen LogP contribution is 2.17.